The van der Waals surface area contributed by atoms with E-state index in [0.717, 1.165) is 18.4 Å². The lowest BCUT2D eigenvalue weighted by molar-refractivity contribution is 0.160. The molecule has 1 saturated heterocycles. The predicted octanol–water partition coefficient (Wildman–Crippen LogP) is 1.62. The number of fused-ring (bicyclic) bond motifs is 1. The van der Waals surface area contributed by atoms with Gasteiger partial charge in [0.15, 0.2) is 9.84 Å². The van der Waals surface area contributed by atoms with Crippen LogP contribution in [0.15, 0.2) is 18.2 Å². The summed E-state index contributed by atoms with van der Waals surface area (Å²) >= 11 is 0. The second-order valence-corrected chi connectivity index (χ2v) is 7.62. The van der Waals surface area contributed by atoms with Crippen molar-refractivity contribution in [2.45, 2.75) is 37.0 Å². The Labute approximate surface area is 113 Å². The highest BCUT2D eigenvalue weighted by Gasteiger charge is 2.37. The van der Waals surface area contributed by atoms with Gasteiger partial charge in [-0.2, -0.15) is 0 Å². The molecule has 2 heterocycles. The van der Waals surface area contributed by atoms with Crippen molar-refractivity contribution in [1.29, 1.82) is 0 Å². The van der Waals surface area contributed by atoms with Gasteiger partial charge in [0.1, 0.15) is 5.75 Å². The van der Waals surface area contributed by atoms with Crippen LogP contribution in [0.3, 0.4) is 0 Å². The third kappa shape index (κ3) is 2.25. The molecule has 2 atom stereocenters. The lowest BCUT2D eigenvalue weighted by Gasteiger charge is -2.27. The van der Waals surface area contributed by atoms with Crippen molar-refractivity contribution in [1.82, 2.24) is 0 Å². The molecule has 0 bridgehead atoms. The van der Waals surface area contributed by atoms with Gasteiger partial charge >= 0.3 is 0 Å². The first-order valence-corrected chi connectivity index (χ1v) is 8.45. The van der Waals surface area contributed by atoms with Gasteiger partial charge in [-0.15, -0.1) is 0 Å². The summed E-state index contributed by atoms with van der Waals surface area (Å²) in [7, 11) is -3.19. The number of hydrogen-bond acceptors (Lipinski definition) is 4. The van der Waals surface area contributed by atoms with Crippen molar-refractivity contribution in [3.8, 4) is 5.75 Å². The van der Waals surface area contributed by atoms with Crippen molar-refractivity contribution in [2.75, 3.05) is 12.4 Å². The first kappa shape index (κ1) is 12.9. The quantitative estimate of drug-likeness (QED) is 0.895. The summed E-state index contributed by atoms with van der Waals surface area (Å²) in [5, 5.41) is 9.80. The first-order valence-electron chi connectivity index (χ1n) is 6.74. The Bertz CT molecular complexity index is 579. The van der Waals surface area contributed by atoms with Gasteiger partial charge < -0.3 is 9.84 Å². The summed E-state index contributed by atoms with van der Waals surface area (Å²) in [5.41, 5.74) is 1.69. The van der Waals surface area contributed by atoms with Crippen LogP contribution >= 0.6 is 0 Å². The Balaban J connectivity index is 1.96. The van der Waals surface area contributed by atoms with Crippen LogP contribution in [-0.4, -0.2) is 31.1 Å². The van der Waals surface area contributed by atoms with E-state index in [0.29, 0.717) is 30.8 Å². The average molecular weight is 282 g/mol. The predicted molar refractivity (Wildman–Crippen MR) is 72.0 cm³/mol. The Hall–Kier alpha value is -1.07. The van der Waals surface area contributed by atoms with Crippen LogP contribution in [0.5, 0.6) is 5.75 Å². The van der Waals surface area contributed by atoms with Crippen molar-refractivity contribution >= 4 is 9.84 Å². The van der Waals surface area contributed by atoms with Crippen LogP contribution in [-0.2, 0) is 16.3 Å². The molecule has 5 heteroatoms. The number of sulfone groups is 1. The molecule has 3 rings (SSSR count). The number of hydrogen-bond donors (Lipinski definition) is 1. The Morgan fingerprint density at radius 2 is 2.16 bits per heavy atom. The zero-order valence-corrected chi connectivity index (χ0v) is 11.5. The van der Waals surface area contributed by atoms with Crippen LogP contribution in [0.25, 0.3) is 0 Å². The molecule has 0 radical (unpaired) electrons. The molecular formula is C14H18O4S. The van der Waals surface area contributed by atoms with Crippen LogP contribution in [0.4, 0.5) is 0 Å². The van der Waals surface area contributed by atoms with Crippen LogP contribution in [0.1, 0.15) is 36.5 Å². The highest BCUT2D eigenvalue weighted by Crippen LogP contribution is 2.38. The van der Waals surface area contributed by atoms with Crippen LogP contribution in [0, 0.1) is 0 Å². The summed E-state index contributed by atoms with van der Waals surface area (Å²) in [4.78, 5) is 0. The molecule has 2 unspecified atom stereocenters. The molecule has 0 saturated carbocycles. The molecule has 104 valence electrons. The average Bonchev–Trinajstić information content (AvgIpc) is 2.85. The van der Waals surface area contributed by atoms with E-state index in [1.807, 2.05) is 12.1 Å². The lowest BCUT2D eigenvalue weighted by Crippen LogP contribution is -2.34. The van der Waals surface area contributed by atoms with Gasteiger partial charge in [-0.05, 0) is 18.4 Å². The lowest BCUT2D eigenvalue weighted by atomic mass is 9.99. The molecule has 2 aliphatic heterocycles. The maximum atomic E-state index is 12.1. The Morgan fingerprint density at radius 3 is 2.95 bits per heavy atom. The van der Waals surface area contributed by atoms with Crippen molar-refractivity contribution in [3.63, 3.8) is 0 Å². The van der Waals surface area contributed by atoms with Gasteiger partial charge in [-0.1, -0.05) is 24.6 Å². The third-order valence-corrected chi connectivity index (χ3v) is 6.32. The Kier molecular flexibility index (Phi) is 3.27. The molecule has 4 nitrogen and oxygen atoms in total. The summed E-state index contributed by atoms with van der Waals surface area (Å²) in [6, 6.07) is 5.61. The number of aliphatic hydroxyl groups excluding tert-OH is 1. The highest BCUT2D eigenvalue weighted by atomic mass is 32.2. The van der Waals surface area contributed by atoms with Gasteiger partial charge in [0, 0.05) is 12.0 Å². The van der Waals surface area contributed by atoms with E-state index in [1.165, 1.54) is 0 Å². The minimum atomic E-state index is -3.19. The molecule has 1 aromatic carbocycles. The molecule has 0 spiro atoms. The van der Waals surface area contributed by atoms with E-state index in [9.17, 15) is 13.5 Å². The normalized spacial score (nSPS) is 26.5. The van der Waals surface area contributed by atoms with E-state index in [4.69, 9.17) is 4.74 Å². The zero-order valence-electron chi connectivity index (χ0n) is 10.7. The number of rotatable bonds is 2. The molecule has 0 aromatic heterocycles. The summed E-state index contributed by atoms with van der Waals surface area (Å²) in [6.45, 7) is 0.608. The molecule has 0 amide bonds. The molecule has 1 fully saturated rings. The topological polar surface area (TPSA) is 63.6 Å². The van der Waals surface area contributed by atoms with Gasteiger partial charge in [-0.3, -0.25) is 0 Å². The second-order valence-electron chi connectivity index (χ2n) is 5.28. The number of ether oxygens (including phenoxy) is 1. The third-order valence-electron chi connectivity index (χ3n) is 4.04. The molecular weight excluding hydrogens is 264 g/mol. The SMILES string of the molecule is O=S1(=O)CCCCC1C(O)c1cccc2c1OCC2. The van der Waals surface area contributed by atoms with Gasteiger partial charge in [0.05, 0.1) is 23.7 Å². The summed E-state index contributed by atoms with van der Waals surface area (Å²) in [6.07, 6.45) is 1.95. The minimum absolute atomic E-state index is 0.185. The molecule has 19 heavy (non-hydrogen) atoms. The monoisotopic (exact) mass is 282 g/mol. The van der Waals surface area contributed by atoms with Crippen LogP contribution < -0.4 is 4.74 Å². The minimum Gasteiger partial charge on any atom is -0.493 e. The Morgan fingerprint density at radius 1 is 1.32 bits per heavy atom. The number of aliphatic hydroxyl groups is 1. The molecule has 1 N–H and O–H groups in total. The standard InChI is InChI=1S/C14H18O4S/c15-13(12-6-1-2-9-19(12,16)17)11-5-3-4-10-7-8-18-14(10)11/h3-5,12-13,15H,1-2,6-9H2. The summed E-state index contributed by atoms with van der Waals surface area (Å²) < 4.78 is 29.7. The number of para-hydroxylation sites is 1. The molecule has 2 aliphatic rings. The van der Waals surface area contributed by atoms with Crippen molar-refractivity contribution in [2.24, 2.45) is 0 Å². The fourth-order valence-corrected chi connectivity index (χ4v) is 4.98. The number of benzene rings is 1. The van der Waals surface area contributed by atoms with Crippen LogP contribution in [0.2, 0.25) is 0 Å². The molecule has 0 aliphatic carbocycles. The zero-order chi connectivity index (χ0) is 13.5. The fraction of sp³-hybridized carbons (Fsp3) is 0.571. The maximum Gasteiger partial charge on any atom is 0.156 e. The van der Waals surface area contributed by atoms with Crippen molar-refractivity contribution < 1.29 is 18.3 Å². The van der Waals surface area contributed by atoms with E-state index < -0.39 is 21.2 Å². The van der Waals surface area contributed by atoms with Crippen molar-refractivity contribution in [3.05, 3.63) is 29.3 Å². The van der Waals surface area contributed by atoms with E-state index in [1.54, 1.807) is 6.07 Å². The van der Waals surface area contributed by atoms with Gasteiger partial charge in [-0.25, -0.2) is 8.42 Å². The van der Waals surface area contributed by atoms with E-state index in [-0.39, 0.29) is 5.75 Å². The maximum absolute atomic E-state index is 12.1. The first-order chi connectivity index (χ1) is 9.09. The molecule has 1 aromatic rings. The highest BCUT2D eigenvalue weighted by molar-refractivity contribution is 7.92. The second kappa shape index (κ2) is 4.80. The summed E-state index contributed by atoms with van der Waals surface area (Å²) in [5.74, 6) is 0.876. The van der Waals surface area contributed by atoms with E-state index in [2.05, 4.69) is 0 Å². The largest absolute Gasteiger partial charge is 0.493 e. The smallest absolute Gasteiger partial charge is 0.156 e. The van der Waals surface area contributed by atoms with E-state index >= 15 is 0 Å². The van der Waals surface area contributed by atoms with Gasteiger partial charge in [0.25, 0.3) is 0 Å². The van der Waals surface area contributed by atoms with Gasteiger partial charge in [0.2, 0.25) is 0 Å². The fourth-order valence-electron chi connectivity index (χ4n) is 3.01.